The molecule has 1 amide bonds. The highest BCUT2D eigenvalue weighted by Gasteiger charge is 2.39. The molecule has 5 nitrogen and oxygen atoms in total. The second-order valence-corrected chi connectivity index (χ2v) is 9.71. The lowest BCUT2D eigenvalue weighted by Crippen LogP contribution is -2.49. The van der Waals surface area contributed by atoms with Crippen molar-refractivity contribution in [2.24, 2.45) is 5.10 Å². The van der Waals surface area contributed by atoms with Crippen LogP contribution in [-0.4, -0.2) is 51.4 Å². The third-order valence-corrected chi connectivity index (χ3v) is 7.25. The fraction of sp³-hybridized carbons (Fsp3) is 0.500. The minimum atomic E-state index is -0.805. The predicted molar refractivity (Wildman–Crippen MR) is 110 cm³/mol. The van der Waals surface area contributed by atoms with E-state index in [2.05, 4.69) is 17.0 Å². The molecule has 1 saturated heterocycles. The Balaban J connectivity index is 1.56. The maximum Gasteiger partial charge on any atom is 0.257 e. The van der Waals surface area contributed by atoms with E-state index in [1.807, 2.05) is 36.7 Å². The van der Waals surface area contributed by atoms with Gasteiger partial charge in [0.2, 0.25) is 0 Å². The first-order chi connectivity index (χ1) is 12.9. The molecule has 0 saturated carbocycles. The van der Waals surface area contributed by atoms with Gasteiger partial charge in [-0.05, 0) is 56.1 Å². The van der Waals surface area contributed by atoms with Crippen molar-refractivity contribution in [3.8, 4) is 0 Å². The average Bonchev–Trinajstić information content (AvgIpc) is 3.38. The van der Waals surface area contributed by atoms with E-state index in [4.69, 9.17) is 5.10 Å². The highest BCUT2D eigenvalue weighted by Crippen LogP contribution is 2.36. The maximum absolute atomic E-state index is 13.2. The summed E-state index contributed by atoms with van der Waals surface area (Å²) in [5, 5.41) is 20.9. The van der Waals surface area contributed by atoms with Gasteiger partial charge in [-0.25, -0.2) is 5.01 Å². The molecule has 0 radical (unpaired) electrons. The molecule has 0 spiro atoms. The number of likely N-dealkylation sites (tertiary alicyclic amines) is 1. The maximum atomic E-state index is 13.2. The van der Waals surface area contributed by atoms with Crippen molar-refractivity contribution < 1.29 is 9.90 Å². The van der Waals surface area contributed by atoms with E-state index in [0.717, 1.165) is 36.4 Å². The quantitative estimate of drug-likeness (QED) is 0.828. The Morgan fingerprint density at radius 1 is 1.30 bits per heavy atom. The van der Waals surface area contributed by atoms with Crippen molar-refractivity contribution in [1.29, 1.82) is 0 Å². The number of thiophene rings is 2. The minimum Gasteiger partial charge on any atom is -0.389 e. The summed E-state index contributed by atoms with van der Waals surface area (Å²) >= 11 is 3.33. The average molecular weight is 404 g/mol. The highest BCUT2D eigenvalue weighted by atomic mass is 32.1. The van der Waals surface area contributed by atoms with Gasteiger partial charge < -0.3 is 5.11 Å². The Labute approximate surface area is 167 Å². The van der Waals surface area contributed by atoms with E-state index in [1.165, 1.54) is 4.88 Å². The van der Waals surface area contributed by atoms with Gasteiger partial charge in [-0.2, -0.15) is 5.10 Å². The summed E-state index contributed by atoms with van der Waals surface area (Å²) in [6.45, 7) is 4.81. The zero-order valence-electron chi connectivity index (χ0n) is 15.7. The molecule has 2 aliphatic rings. The number of amides is 1. The molecular formula is C20H25N3O2S2. The van der Waals surface area contributed by atoms with E-state index in [-0.39, 0.29) is 18.0 Å². The second kappa shape index (κ2) is 7.47. The molecule has 27 heavy (non-hydrogen) atoms. The van der Waals surface area contributed by atoms with Gasteiger partial charge in [0, 0.05) is 17.3 Å². The highest BCUT2D eigenvalue weighted by molar-refractivity contribution is 7.12. The summed E-state index contributed by atoms with van der Waals surface area (Å²) in [4.78, 5) is 17.6. The van der Waals surface area contributed by atoms with Crippen LogP contribution in [0.15, 0.2) is 40.1 Å². The molecule has 2 aromatic rings. The normalized spacial score (nSPS) is 23.8. The number of aliphatic hydroxyl groups is 1. The summed E-state index contributed by atoms with van der Waals surface area (Å²) in [6.07, 6.45) is 2.69. The molecule has 2 atom stereocenters. The van der Waals surface area contributed by atoms with E-state index < -0.39 is 5.60 Å². The lowest BCUT2D eigenvalue weighted by molar-refractivity contribution is -0.135. The first-order valence-electron chi connectivity index (χ1n) is 9.37. The van der Waals surface area contributed by atoms with Crippen molar-refractivity contribution in [3.63, 3.8) is 0 Å². The molecule has 144 valence electrons. The standard InChI is InChI=1S/C20H25N3O2S2/c1-20(2,25)18-8-3-9-22(18)13-19(24)23-15(17-7-5-11-27-17)12-14(21-23)16-6-4-10-26-16/h4-7,10-11,15,18,25H,3,8-9,12-13H2,1-2H3/t15-,18-/m1/s1. The van der Waals surface area contributed by atoms with Gasteiger partial charge in [-0.3, -0.25) is 9.69 Å². The summed E-state index contributed by atoms with van der Waals surface area (Å²) in [5.41, 5.74) is 0.178. The zero-order valence-corrected chi connectivity index (χ0v) is 17.3. The van der Waals surface area contributed by atoms with E-state index in [9.17, 15) is 9.90 Å². The van der Waals surface area contributed by atoms with Crippen LogP contribution in [0.5, 0.6) is 0 Å². The van der Waals surface area contributed by atoms with Gasteiger partial charge in [-0.1, -0.05) is 12.1 Å². The molecule has 4 heterocycles. The fourth-order valence-corrected chi connectivity index (χ4v) is 5.63. The number of hydrazone groups is 1. The summed E-state index contributed by atoms with van der Waals surface area (Å²) in [6, 6.07) is 8.18. The summed E-state index contributed by atoms with van der Waals surface area (Å²) in [5.74, 6) is 0.0103. The third-order valence-electron chi connectivity index (χ3n) is 5.36. The van der Waals surface area contributed by atoms with Crippen molar-refractivity contribution in [2.75, 3.05) is 13.1 Å². The Bertz CT molecular complexity index is 809. The van der Waals surface area contributed by atoms with Crippen LogP contribution in [0, 0.1) is 0 Å². The van der Waals surface area contributed by atoms with Crippen molar-refractivity contribution in [2.45, 2.75) is 50.8 Å². The smallest absolute Gasteiger partial charge is 0.257 e. The summed E-state index contributed by atoms with van der Waals surface area (Å²) < 4.78 is 0. The molecule has 7 heteroatoms. The van der Waals surface area contributed by atoms with Crippen LogP contribution in [0.4, 0.5) is 0 Å². The van der Waals surface area contributed by atoms with Gasteiger partial charge >= 0.3 is 0 Å². The molecule has 0 aliphatic carbocycles. The predicted octanol–water partition coefficient (Wildman–Crippen LogP) is 3.72. The number of nitrogens with zero attached hydrogens (tertiary/aromatic N) is 3. The van der Waals surface area contributed by atoms with Crippen molar-refractivity contribution >= 4 is 34.3 Å². The van der Waals surface area contributed by atoms with Crippen LogP contribution >= 0.6 is 22.7 Å². The molecule has 1 fully saturated rings. The monoisotopic (exact) mass is 403 g/mol. The van der Waals surface area contributed by atoms with Gasteiger partial charge in [0.1, 0.15) is 0 Å². The Morgan fingerprint density at radius 3 is 2.74 bits per heavy atom. The SMILES string of the molecule is CC(C)(O)[C@H]1CCCN1CC(=O)N1N=C(c2cccs2)C[C@@H]1c1cccs1. The Hall–Kier alpha value is -1.54. The molecule has 0 bridgehead atoms. The number of carbonyl (C=O) groups is 1. The van der Waals surface area contributed by atoms with Gasteiger partial charge in [0.15, 0.2) is 0 Å². The van der Waals surface area contributed by atoms with Crippen LogP contribution in [-0.2, 0) is 4.79 Å². The van der Waals surface area contributed by atoms with E-state index in [0.29, 0.717) is 6.54 Å². The van der Waals surface area contributed by atoms with Crippen LogP contribution in [0.1, 0.15) is 48.9 Å². The molecular weight excluding hydrogens is 378 g/mol. The molecule has 1 N–H and O–H groups in total. The minimum absolute atomic E-state index is 0.0103. The molecule has 2 aromatic heterocycles. The van der Waals surface area contributed by atoms with Crippen LogP contribution < -0.4 is 0 Å². The van der Waals surface area contributed by atoms with Crippen LogP contribution in [0.25, 0.3) is 0 Å². The van der Waals surface area contributed by atoms with Crippen molar-refractivity contribution in [1.82, 2.24) is 9.91 Å². The third kappa shape index (κ3) is 3.87. The molecule has 4 rings (SSSR count). The molecule has 0 unspecified atom stereocenters. The van der Waals surface area contributed by atoms with Gasteiger partial charge in [0.25, 0.3) is 5.91 Å². The summed E-state index contributed by atoms with van der Waals surface area (Å²) in [7, 11) is 0. The van der Waals surface area contributed by atoms with Gasteiger partial charge in [-0.15, -0.1) is 22.7 Å². The number of hydrogen-bond acceptors (Lipinski definition) is 6. The first-order valence-corrected chi connectivity index (χ1v) is 11.1. The van der Waals surface area contributed by atoms with Crippen molar-refractivity contribution in [3.05, 3.63) is 44.8 Å². The molecule has 2 aliphatic heterocycles. The van der Waals surface area contributed by atoms with Crippen LogP contribution in [0.2, 0.25) is 0 Å². The Morgan fingerprint density at radius 2 is 2.07 bits per heavy atom. The lowest BCUT2D eigenvalue weighted by atomic mass is 9.97. The molecule has 0 aromatic carbocycles. The topological polar surface area (TPSA) is 56.1 Å². The zero-order chi connectivity index (χ0) is 19.0. The largest absolute Gasteiger partial charge is 0.389 e. The second-order valence-electron chi connectivity index (χ2n) is 7.78. The Kier molecular flexibility index (Phi) is 5.20. The number of carbonyl (C=O) groups excluding carboxylic acids is 1. The number of rotatable bonds is 5. The van der Waals surface area contributed by atoms with Crippen LogP contribution in [0.3, 0.4) is 0 Å². The fourth-order valence-electron chi connectivity index (χ4n) is 4.10. The lowest BCUT2D eigenvalue weighted by Gasteiger charge is -2.34. The number of hydrogen-bond donors (Lipinski definition) is 1. The van der Waals surface area contributed by atoms with Gasteiger partial charge in [0.05, 0.1) is 28.8 Å². The first kappa shape index (κ1) is 18.8. The van der Waals surface area contributed by atoms with E-state index >= 15 is 0 Å². The van der Waals surface area contributed by atoms with E-state index in [1.54, 1.807) is 27.7 Å².